The number of hydrogen-bond donors (Lipinski definition) is 2. The predicted octanol–water partition coefficient (Wildman–Crippen LogP) is 3.17. The average Bonchev–Trinajstić information content (AvgIpc) is 2.54. The lowest BCUT2D eigenvalue weighted by Crippen LogP contribution is -2.15. The van der Waals surface area contributed by atoms with Crippen molar-refractivity contribution in [2.45, 2.75) is 6.42 Å². The van der Waals surface area contributed by atoms with Crippen LogP contribution >= 0.6 is 11.6 Å². The number of anilines is 1. The maximum absolute atomic E-state index is 12.3. The van der Waals surface area contributed by atoms with Crippen molar-refractivity contribution in [1.82, 2.24) is 4.98 Å². The van der Waals surface area contributed by atoms with Gasteiger partial charge in [-0.3, -0.25) is 14.6 Å². The number of nitrogens with two attached hydrogens (primary N) is 1. The van der Waals surface area contributed by atoms with Gasteiger partial charge < -0.3 is 11.1 Å². The number of carbonyl (C=O) groups is 2. The van der Waals surface area contributed by atoms with Gasteiger partial charge in [-0.05, 0) is 29.8 Å². The van der Waals surface area contributed by atoms with Gasteiger partial charge in [0.15, 0.2) is 0 Å². The third kappa shape index (κ3) is 3.52. The van der Waals surface area contributed by atoms with Crippen LogP contribution in [0.2, 0.25) is 5.02 Å². The van der Waals surface area contributed by atoms with Crippen LogP contribution in [0.3, 0.4) is 0 Å². The van der Waals surface area contributed by atoms with Crippen molar-refractivity contribution < 1.29 is 9.59 Å². The quantitative estimate of drug-likeness (QED) is 0.765. The molecule has 2 aromatic carbocycles. The minimum atomic E-state index is -0.523. The summed E-state index contributed by atoms with van der Waals surface area (Å²) in [7, 11) is 0. The zero-order valence-corrected chi connectivity index (χ0v) is 13.4. The van der Waals surface area contributed by atoms with E-state index in [0.717, 1.165) is 10.9 Å². The molecule has 3 rings (SSSR count). The van der Waals surface area contributed by atoms with Crippen molar-refractivity contribution in [3.8, 4) is 0 Å². The number of nitrogens with zero attached hydrogens (tertiary/aromatic N) is 1. The number of amides is 2. The predicted molar refractivity (Wildman–Crippen MR) is 94.0 cm³/mol. The number of primary amides is 1. The van der Waals surface area contributed by atoms with E-state index in [1.807, 2.05) is 6.07 Å². The van der Waals surface area contributed by atoms with E-state index in [9.17, 15) is 9.59 Å². The SMILES string of the molecule is NC(=O)c1ccc2cncc(NC(=O)Cc3cccc(Cl)c3)c2c1. The van der Waals surface area contributed by atoms with Gasteiger partial charge in [0.05, 0.1) is 18.3 Å². The maximum atomic E-state index is 12.3. The Hall–Kier alpha value is -2.92. The van der Waals surface area contributed by atoms with E-state index in [0.29, 0.717) is 21.7 Å². The molecular formula is C18H14ClN3O2. The molecule has 2 amide bonds. The molecular weight excluding hydrogens is 326 g/mol. The number of fused-ring (bicyclic) bond motifs is 1. The Kier molecular flexibility index (Phi) is 4.44. The van der Waals surface area contributed by atoms with Gasteiger partial charge in [-0.1, -0.05) is 29.8 Å². The molecule has 24 heavy (non-hydrogen) atoms. The lowest BCUT2D eigenvalue weighted by molar-refractivity contribution is -0.115. The highest BCUT2D eigenvalue weighted by molar-refractivity contribution is 6.30. The van der Waals surface area contributed by atoms with E-state index < -0.39 is 5.91 Å². The number of benzene rings is 2. The number of nitrogens with one attached hydrogen (secondary N) is 1. The van der Waals surface area contributed by atoms with Crippen LogP contribution in [0, 0.1) is 0 Å². The van der Waals surface area contributed by atoms with Crippen molar-refractivity contribution in [3.05, 3.63) is 71.0 Å². The highest BCUT2D eigenvalue weighted by Crippen LogP contribution is 2.23. The first-order valence-electron chi connectivity index (χ1n) is 7.25. The van der Waals surface area contributed by atoms with Crippen LogP contribution in [0.25, 0.3) is 10.8 Å². The minimum Gasteiger partial charge on any atom is -0.366 e. The Labute approximate surface area is 143 Å². The molecule has 5 nitrogen and oxygen atoms in total. The molecule has 6 heteroatoms. The highest BCUT2D eigenvalue weighted by atomic mass is 35.5. The van der Waals surface area contributed by atoms with Gasteiger partial charge in [0.2, 0.25) is 11.8 Å². The molecule has 3 aromatic rings. The molecule has 0 radical (unpaired) electrons. The molecule has 1 heterocycles. The Bertz CT molecular complexity index is 940. The topological polar surface area (TPSA) is 85.1 Å². The second-order valence-electron chi connectivity index (χ2n) is 5.34. The summed E-state index contributed by atoms with van der Waals surface area (Å²) in [6.07, 6.45) is 3.39. The van der Waals surface area contributed by atoms with Crippen LogP contribution in [0.15, 0.2) is 54.9 Å². The van der Waals surface area contributed by atoms with Gasteiger partial charge in [-0.15, -0.1) is 0 Å². The van der Waals surface area contributed by atoms with E-state index >= 15 is 0 Å². The third-order valence-electron chi connectivity index (χ3n) is 3.57. The zero-order chi connectivity index (χ0) is 17.1. The van der Waals surface area contributed by atoms with Crippen molar-refractivity contribution in [3.63, 3.8) is 0 Å². The molecule has 0 bridgehead atoms. The van der Waals surface area contributed by atoms with Gasteiger partial charge >= 0.3 is 0 Å². The average molecular weight is 340 g/mol. The molecule has 120 valence electrons. The van der Waals surface area contributed by atoms with Crippen LogP contribution < -0.4 is 11.1 Å². The highest BCUT2D eigenvalue weighted by Gasteiger charge is 2.10. The van der Waals surface area contributed by atoms with Crippen LogP contribution in [-0.2, 0) is 11.2 Å². The molecule has 0 fully saturated rings. The zero-order valence-electron chi connectivity index (χ0n) is 12.6. The number of aromatic nitrogens is 1. The van der Waals surface area contributed by atoms with E-state index in [4.69, 9.17) is 17.3 Å². The third-order valence-corrected chi connectivity index (χ3v) is 3.81. The summed E-state index contributed by atoms with van der Waals surface area (Å²) in [5.41, 5.74) is 7.03. The summed E-state index contributed by atoms with van der Waals surface area (Å²) in [6, 6.07) is 12.1. The van der Waals surface area contributed by atoms with Crippen molar-refractivity contribution in [2.24, 2.45) is 5.73 Å². The van der Waals surface area contributed by atoms with Crippen molar-refractivity contribution in [1.29, 1.82) is 0 Å². The number of hydrogen-bond acceptors (Lipinski definition) is 3. The van der Waals surface area contributed by atoms with Crippen LogP contribution in [0.1, 0.15) is 15.9 Å². The summed E-state index contributed by atoms with van der Waals surface area (Å²) in [6.45, 7) is 0. The fourth-order valence-corrected chi connectivity index (χ4v) is 2.66. The molecule has 0 aliphatic rings. The number of halogens is 1. The second-order valence-corrected chi connectivity index (χ2v) is 5.78. The van der Waals surface area contributed by atoms with Gasteiger partial charge in [-0.25, -0.2) is 0 Å². The first-order chi connectivity index (χ1) is 11.5. The molecule has 0 aliphatic carbocycles. The first kappa shape index (κ1) is 16.0. The summed E-state index contributed by atoms with van der Waals surface area (Å²) < 4.78 is 0. The largest absolute Gasteiger partial charge is 0.366 e. The summed E-state index contributed by atoms with van der Waals surface area (Å²) in [4.78, 5) is 27.7. The van der Waals surface area contributed by atoms with Gasteiger partial charge in [0.25, 0.3) is 0 Å². The smallest absolute Gasteiger partial charge is 0.248 e. The Balaban J connectivity index is 1.87. The molecule has 0 saturated heterocycles. The molecule has 0 spiro atoms. The maximum Gasteiger partial charge on any atom is 0.248 e. The van der Waals surface area contributed by atoms with E-state index in [1.165, 1.54) is 0 Å². The van der Waals surface area contributed by atoms with Crippen LogP contribution in [0.5, 0.6) is 0 Å². The second kappa shape index (κ2) is 6.68. The summed E-state index contributed by atoms with van der Waals surface area (Å²) in [5, 5.41) is 4.92. The number of carbonyl (C=O) groups excluding carboxylic acids is 2. The minimum absolute atomic E-state index is 0.187. The standard InChI is InChI=1S/C18H14ClN3O2/c19-14-3-1-2-11(6-14)7-17(23)22-16-10-21-9-13-5-4-12(18(20)24)8-15(13)16/h1-6,8-10H,7H2,(H2,20,24)(H,22,23). The Morgan fingerprint density at radius 2 is 1.96 bits per heavy atom. The molecule has 0 aliphatic heterocycles. The summed E-state index contributed by atoms with van der Waals surface area (Å²) >= 11 is 5.93. The van der Waals surface area contributed by atoms with E-state index in [-0.39, 0.29) is 12.3 Å². The Morgan fingerprint density at radius 1 is 1.12 bits per heavy atom. The molecule has 3 N–H and O–H groups in total. The normalized spacial score (nSPS) is 10.5. The fourth-order valence-electron chi connectivity index (χ4n) is 2.44. The van der Waals surface area contributed by atoms with Gasteiger partial charge in [-0.2, -0.15) is 0 Å². The van der Waals surface area contributed by atoms with E-state index in [1.54, 1.807) is 48.8 Å². The molecule has 0 unspecified atom stereocenters. The van der Waals surface area contributed by atoms with E-state index in [2.05, 4.69) is 10.3 Å². The monoisotopic (exact) mass is 339 g/mol. The molecule has 0 saturated carbocycles. The van der Waals surface area contributed by atoms with Crippen LogP contribution in [-0.4, -0.2) is 16.8 Å². The first-order valence-corrected chi connectivity index (χ1v) is 7.62. The lowest BCUT2D eigenvalue weighted by atomic mass is 10.1. The van der Waals surface area contributed by atoms with Gasteiger partial charge in [0.1, 0.15) is 0 Å². The van der Waals surface area contributed by atoms with Crippen molar-refractivity contribution >= 4 is 39.9 Å². The van der Waals surface area contributed by atoms with Crippen LogP contribution in [0.4, 0.5) is 5.69 Å². The fraction of sp³-hybridized carbons (Fsp3) is 0.0556. The van der Waals surface area contributed by atoms with Gasteiger partial charge in [0, 0.05) is 27.6 Å². The summed E-state index contributed by atoms with van der Waals surface area (Å²) in [5.74, 6) is -0.721. The molecule has 0 atom stereocenters. The number of pyridine rings is 1. The number of rotatable bonds is 4. The Morgan fingerprint density at radius 3 is 2.71 bits per heavy atom. The van der Waals surface area contributed by atoms with Crippen molar-refractivity contribution in [2.75, 3.05) is 5.32 Å². The molecule has 1 aromatic heterocycles. The lowest BCUT2D eigenvalue weighted by Gasteiger charge is -2.09.